The summed E-state index contributed by atoms with van der Waals surface area (Å²) < 4.78 is 97.4. The molecule has 0 saturated carbocycles. The first kappa shape index (κ1) is 20.9. The molecule has 1 aromatic heterocycles. The molecular formula is C17H14F7N2O. The lowest BCUT2D eigenvalue weighted by Gasteiger charge is -2.28. The van der Waals surface area contributed by atoms with Crippen molar-refractivity contribution >= 4 is 0 Å². The minimum atomic E-state index is -6.45. The Morgan fingerprint density at radius 3 is 1.89 bits per heavy atom. The zero-order valence-electron chi connectivity index (χ0n) is 14.3. The van der Waals surface area contributed by atoms with Gasteiger partial charge >= 0.3 is 18.0 Å². The molecule has 0 atom stereocenters. The Hall–Kier alpha value is -2.39. The summed E-state index contributed by atoms with van der Waals surface area (Å²) in [4.78, 5) is 7.27. The molecule has 147 valence electrons. The number of rotatable bonds is 5. The number of alkyl halides is 7. The molecular weight excluding hydrogens is 381 g/mol. The van der Waals surface area contributed by atoms with Gasteiger partial charge in [-0.25, -0.2) is 9.97 Å². The fourth-order valence-corrected chi connectivity index (χ4v) is 2.07. The molecule has 1 radical (unpaired) electrons. The number of ether oxygens (including phenoxy) is 1. The van der Waals surface area contributed by atoms with Crippen LogP contribution in [-0.2, 0) is 5.92 Å². The Kier molecular flexibility index (Phi) is 5.40. The second-order valence-electron chi connectivity index (χ2n) is 5.84. The van der Waals surface area contributed by atoms with E-state index in [1.165, 1.54) is 45.2 Å². The normalized spacial score (nSPS) is 13.1. The maximum atomic E-state index is 14.1. The third-order valence-electron chi connectivity index (χ3n) is 3.66. The van der Waals surface area contributed by atoms with Crippen molar-refractivity contribution in [2.75, 3.05) is 7.11 Å². The van der Waals surface area contributed by atoms with Gasteiger partial charge in [-0.05, 0) is 30.3 Å². The van der Waals surface area contributed by atoms with E-state index in [4.69, 9.17) is 4.74 Å². The molecule has 0 spiro atoms. The highest BCUT2D eigenvalue weighted by atomic mass is 19.4. The summed E-state index contributed by atoms with van der Waals surface area (Å²) in [5.74, 6) is -11.5. The van der Waals surface area contributed by atoms with Crippen molar-refractivity contribution in [3.63, 3.8) is 0 Å². The Bertz CT molecular complexity index is 802. The molecule has 0 aliphatic rings. The molecule has 2 aromatic rings. The maximum absolute atomic E-state index is 14.1. The van der Waals surface area contributed by atoms with E-state index in [9.17, 15) is 30.7 Å². The van der Waals surface area contributed by atoms with Crippen molar-refractivity contribution in [1.82, 2.24) is 9.97 Å². The SMILES string of the molecule is COc1ccc(-c2nc([C](C)C)cc(C(F)(F)C(F)(F)C(F)(F)F)n2)cc1. The second-order valence-corrected chi connectivity index (χ2v) is 5.84. The molecule has 0 fully saturated rings. The first-order chi connectivity index (χ1) is 12.3. The fourth-order valence-electron chi connectivity index (χ4n) is 2.07. The van der Waals surface area contributed by atoms with E-state index in [0.717, 1.165) is 0 Å². The van der Waals surface area contributed by atoms with Crippen molar-refractivity contribution in [2.24, 2.45) is 0 Å². The molecule has 0 aliphatic heterocycles. The predicted molar refractivity (Wildman–Crippen MR) is 82.6 cm³/mol. The number of nitrogens with zero attached hydrogens (tertiary/aromatic N) is 2. The number of methoxy groups -OCH3 is 1. The molecule has 2 rings (SSSR count). The largest absolute Gasteiger partial charge is 0.497 e. The smallest absolute Gasteiger partial charge is 0.460 e. The topological polar surface area (TPSA) is 35.0 Å². The Labute approximate surface area is 150 Å². The lowest BCUT2D eigenvalue weighted by Crippen LogP contribution is -2.50. The molecule has 1 aromatic carbocycles. The first-order valence-corrected chi connectivity index (χ1v) is 7.48. The number of benzene rings is 1. The average molecular weight is 395 g/mol. The summed E-state index contributed by atoms with van der Waals surface area (Å²) in [7, 11) is 1.39. The number of hydrogen-bond acceptors (Lipinski definition) is 3. The summed E-state index contributed by atoms with van der Waals surface area (Å²) >= 11 is 0. The highest BCUT2D eigenvalue weighted by molar-refractivity contribution is 5.57. The van der Waals surface area contributed by atoms with Crippen molar-refractivity contribution in [3.8, 4) is 17.1 Å². The van der Waals surface area contributed by atoms with Crippen LogP contribution in [0.25, 0.3) is 11.4 Å². The molecule has 0 amide bonds. The van der Waals surface area contributed by atoms with Crippen molar-refractivity contribution < 1.29 is 35.5 Å². The van der Waals surface area contributed by atoms with Crippen LogP contribution in [0, 0.1) is 5.92 Å². The summed E-state index contributed by atoms with van der Waals surface area (Å²) in [6, 6.07) is 6.05. The second kappa shape index (κ2) is 6.97. The van der Waals surface area contributed by atoms with Gasteiger partial charge in [0, 0.05) is 11.5 Å². The van der Waals surface area contributed by atoms with E-state index in [0.29, 0.717) is 17.7 Å². The third-order valence-corrected chi connectivity index (χ3v) is 3.66. The number of aromatic nitrogens is 2. The van der Waals surface area contributed by atoms with E-state index < -0.39 is 29.5 Å². The van der Waals surface area contributed by atoms with Gasteiger partial charge < -0.3 is 4.74 Å². The van der Waals surface area contributed by atoms with Gasteiger partial charge in [0.25, 0.3) is 0 Å². The lowest BCUT2D eigenvalue weighted by molar-refractivity contribution is -0.360. The monoisotopic (exact) mass is 395 g/mol. The molecule has 1 heterocycles. The molecule has 0 bridgehead atoms. The quantitative estimate of drug-likeness (QED) is 0.636. The van der Waals surface area contributed by atoms with E-state index in [-0.39, 0.29) is 11.3 Å². The van der Waals surface area contributed by atoms with Gasteiger partial charge in [0.15, 0.2) is 5.82 Å². The standard InChI is InChI=1S/C17H14F7N2O/c1-9(2)12-8-13(15(18,19)16(20,21)17(22,23)24)26-14(25-12)10-4-6-11(27-3)7-5-10/h4-8H,1-3H3. The molecule has 27 heavy (non-hydrogen) atoms. The number of halogens is 7. The number of hydrogen-bond donors (Lipinski definition) is 0. The van der Waals surface area contributed by atoms with Gasteiger partial charge in [-0.2, -0.15) is 30.7 Å². The van der Waals surface area contributed by atoms with Crippen LogP contribution in [-0.4, -0.2) is 29.2 Å². The van der Waals surface area contributed by atoms with Crippen LogP contribution < -0.4 is 4.74 Å². The fraction of sp³-hybridized carbons (Fsp3) is 0.353. The zero-order chi connectivity index (χ0) is 20.6. The molecule has 0 unspecified atom stereocenters. The van der Waals surface area contributed by atoms with Crippen LogP contribution in [0.4, 0.5) is 30.7 Å². The Morgan fingerprint density at radius 1 is 0.889 bits per heavy atom. The highest BCUT2D eigenvalue weighted by Gasteiger charge is 2.74. The Morgan fingerprint density at radius 2 is 1.44 bits per heavy atom. The molecule has 0 saturated heterocycles. The summed E-state index contributed by atoms with van der Waals surface area (Å²) in [5.41, 5.74) is -1.75. The summed E-state index contributed by atoms with van der Waals surface area (Å²) in [5, 5.41) is 0. The van der Waals surface area contributed by atoms with Gasteiger partial charge in [-0.1, -0.05) is 13.8 Å². The van der Waals surface area contributed by atoms with Gasteiger partial charge in [-0.3, -0.25) is 0 Å². The van der Waals surface area contributed by atoms with Crippen molar-refractivity contribution in [1.29, 1.82) is 0 Å². The van der Waals surface area contributed by atoms with Crippen LogP contribution in [0.5, 0.6) is 5.75 Å². The molecule has 0 N–H and O–H groups in total. The minimum absolute atomic E-state index is 0.145. The van der Waals surface area contributed by atoms with Crippen molar-refractivity contribution in [2.45, 2.75) is 31.9 Å². The van der Waals surface area contributed by atoms with Gasteiger partial charge in [-0.15, -0.1) is 0 Å². The molecule has 0 aliphatic carbocycles. The van der Waals surface area contributed by atoms with E-state index >= 15 is 0 Å². The van der Waals surface area contributed by atoms with E-state index in [1.807, 2.05) is 0 Å². The first-order valence-electron chi connectivity index (χ1n) is 7.48. The van der Waals surface area contributed by atoms with Gasteiger partial charge in [0.2, 0.25) is 0 Å². The third kappa shape index (κ3) is 3.84. The maximum Gasteiger partial charge on any atom is 0.460 e. The van der Waals surface area contributed by atoms with Crippen LogP contribution in [0.3, 0.4) is 0 Å². The van der Waals surface area contributed by atoms with Crippen LogP contribution >= 0.6 is 0 Å². The summed E-state index contributed by atoms with van der Waals surface area (Å²) in [6.07, 6.45) is -6.45. The van der Waals surface area contributed by atoms with Crippen LogP contribution in [0.2, 0.25) is 0 Å². The highest BCUT2D eigenvalue weighted by Crippen LogP contribution is 2.51. The van der Waals surface area contributed by atoms with Gasteiger partial charge in [0.1, 0.15) is 11.4 Å². The predicted octanol–water partition coefficient (Wildman–Crippen LogP) is 5.40. The van der Waals surface area contributed by atoms with E-state index in [2.05, 4.69) is 9.97 Å². The van der Waals surface area contributed by atoms with Crippen LogP contribution in [0.1, 0.15) is 25.2 Å². The average Bonchev–Trinajstić information content (AvgIpc) is 2.60. The molecule has 3 nitrogen and oxygen atoms in total. The van der Waals surface area contributed by atoms with Gasteiger partial charge in [0.05, 0.1) is 12.8 Å². The van der Waals surface area contributed by atoms with Crippen LogP contribution in [0.15, 0.2) is 30.3 Å². The summed E-state index contributed by atoms with van der Waals surface area (Å²) in [6.45, 7) is 2.90. The van der Waals surface area contributed by atoms with Crippen molar-refractivity contribution in [3.05, 3.63) is 47.6 Å². The van der Waals surface area contributed by atoms with E-state index in [1.54, 1.807) is 0 Å². The minimum Gasteiger partial charge on any atom is -0.497 e. The zero-order valence-corrected chi connectivity index (χ0v) is 14.3. The lowest BCUT2D eigenvalue weighted by atomic mass is 10.0. The Balaban J connectivity index is 2.65. The molecule has 10 heteroatoms.